The second kappa shape index (κ2) is 6.67. The van der Waals surface area contributed by atoms with Crippen LogP contribution in [0.25, 0.3) is 0 Å². The molecule has 0 spiro atoms. The monoisotopic (exact) mass is 389 g/mol. The second-order valence-electron chi connectivity index (χ2n) is 7.58. The summed E-state index contributed by atoms with van der Waals surface area (Å²) in [5.74, 6) is -2.91. The van der Waals surface area contributed by atoms with Crippen molar-refractivity contribution in [2.45, 2.75) is 61.8 Å². The first kappa shape index (κ1) is 19.4. The van der Waals surface area contributed by atoms with Crippen LogP contribution in [0.5, 0.6) is 0 Å². The molecule has 0 aromatic rings. The van der Waals surface area contributed by atoms with Crippen molar-refractivity contribution in [3.05, 3.63) is 0 Å². The van der Waals surface area contributed by atoms with Gasteiger partial charge in [-0.05, 0) is 32.1 Å². The molecule has 3 fully saturated rings. The summed E-state index contributed by atoms with van der Waals surface area (Å²) in [6.07, 6.45) is 0.704. The van der Waals surface area contributed by atoms with Crippen molar-refractivity contribution in [3.63, 3.8) is 0 Å². The van der Waals surface area contributed by atoms with E-state index in [1.165, 1.54) is 21.0 Å². The molecule has 7 atom stereocenters. The number of esters is 2. The van der Waals surface area contributed by atoms with Crippen molar-refractivity contribution in [1.82, 2.24) is 5.32 Å². The zero-order valence-corrected chi connectivity index (χ0v) is 15.8. The lowest BCUT2D eigenvalue weighted by atomic mass is 9.65. The molecule has 3 rings (SSSR count). The van der Waals surface area contributed by atoms with Gasteiger partial charge in [-0.3, -0.25) is 9.59 Å². The van der Waals surface area contributed by atoms with Crippen LogP contribution in [0.15, 0.2) is 0 Å². The molecule has 0 aromatic heterocycles. The number of hydrogen-bond acceptors (Lipinski definition) is 7. The van der Waals surface area contributed by atoms with Gasteiger partial charge >= 0.3 is 11.9 Å². The molecule has 2 N–H and O–H groups in total. The zero-order valence-electron chi connectivity index (χ0n) is 15.0. The maximum absolute atomic E-state index is 15.4. The van der Waals surface area contributed by atoms with E-state index in [2.05, 4.69) is 10.1 Å². The largest absolute Gasteiger partial charge is 0.467 e. The van der Waals surface area contributed by atoms with Crippen LogP contribution in [0.1, 0.15) is 33.1 Å². The van der Waals surface area contributed by atoms with Crippen molar-refractivity contribution in [2.75, 3.05) is 12.9 Å². The van der Waals surface area contributed by atoms with Gasteiger partial charge in [0, 0.05) is 12.7 Å². The predicted octanol–water partition coefficient (Wildman–Crippen LogP) is 0.580. The molecule has 2 saturated carbocycles. The maximum atomic E-state index is 15.4. The molecule has 26 heavy (non-hydrogen) atoms. The number of alkyl halides is 1. The minimum absolute atomic E-state index is 0.0334. The third-order valence-corrected chi connectivity index (χ3v) is 7.45. The minimum atomic E-state index is -1.71. The van der Waals surface area contributed by atoms with Crippen LogP contribution in [-0.2, 0) is 23.9 Å². The Balaban J connectivity index is 1.82. The Hall–Kier alpha value is -1.35. The number of thioether (sulfide) groups is 1. The first-order valence-electron chi connectivity index (χ1n) is 8.69. The first-order valence-corrected chi connectivity index (χ1v) is 9.74. The smallest absolute Gasteiger partial charge is 0.329 e. The highest BCUT2D eigenvalue weighted by Gasteiger charge is 2.71. The van der Waals surface area contributed by atoms with Crippen LogP contribution in [0.4, 0.5) is 4.39 Å². The van der Waals surface area contributed by atoms with Gasteiger partial charge in [0.05, 0.1) is 12.4 Å². The zero-order chi connectivity index (χ0) is 19.3. The van der Waals surface area contributed by atoms with Crippen molar-refractivity contribution in [1.29, 1.82) is 0 Å². The molecule has 146 valence electrons. The molecule has 1 amide bonds. The summed E-state index contributed by atoms with van der Waals surface area (Å²) in [4.78, 5) is 35.6. The van der Waals surface area contributed by atoms with E-state index in [0.717, 1.165) is 11.8 Å². The van der Waals surface area contributed by atoms with Crippen LogP contribution in [0.2, 0.25) is 0 Å². The van der Waals surface area contributed by atoms with Crippen LogP contribution < -0.4 is 5.32 Å². The van der Waals surface area contributed by atoms with E-state index in [0.29, 0.717) is 12.8 Å². The molecule has 1 aliphatic heterocycles. The van der Waals surface area contributed by atoms with E-state index in [9.17, 15) is 19.5 Å². The molecular formula is C17H24FNO6S. The van der Waals surface area contributed by atoms with Gasteiger partial charge in [-0.2, -0.15) is 11.8 Å². The number of hydrogen-bond donors (Lipinski definition) is 2. The van der Waals surface area contributed by atoms with Crippen LogP contribution in [0, 0.1) is 11.8 Å². The van der Waals surface area contributed by atoms with Gasteiger partial charge in [-0.15, -0.1) is 0 Å². The number of rotatable bonds is 5. The summed E-state index contributed by atoms with van der Waals surface area (Å²) < 4.78 is 25.4. The molecule has 3 aliphatic rings. The molecule has 1 saturated heterocycles. The number of carbonyl (C=O) groups is 3. The second-order valence-corrected chi connectivity index (χ2v) is 8.75. The van der Waals surface area contributed by atoms with Gasteiger partial charge < -0.3 is 19.9 Å². The maximum Gasteiger partial charge on any atom is 0.329 e. The lowest BCUT2D eigenvalue weighted by molar-refractivity contribution is -0.146. The van der Waals surface area contributed by atoms with Gasteiger partial charge in [-0.25, -0.2) is 9.18 Å². The van der Waals surface area contributed by atoms with Gasteiger partial charge in [-0.1, -0.05) is 0 Å². The molecule has 9 heteroatoms. The summed E-state index contributed by atoms with van der Waals surface area (Å²) in [6, 6.07) is -0.956. The van der Waals surface area contributed by atoms with Crippen LogP contribution in [-0.4, -0.2) is 64.5 Å². The lowest BCUT2D eigenvalue weighted by Gasteiger charge is -2.47. The average Bonchev–Trinajstić information content (AvgIpc) is 2.98. The Kier molecular flexibility index (Phi) is 4.98. The lowest BCUT2D eigenvalue weighted by Crippen LogP contribution is -2.61. The molecule has 7 nitrogen and oxygen atoms in total. The highest BCUT2D eigenvalue weighted by molar-refractivity contribution is 8.00. The predicted molar refractivity (Wildman–Crippen MR) is 91.0 cm³/mol. The quantitative estimate of drug-likeness (QED) is 0.663. The number of methoxy groups -OCH3 is 1. The third-order valence-electron chi connectivity index (χ3n) is 5.80. The highest BCUT2D eigenvalue weighted by atomic mass is 32.2. The number of ether oxygens (including phenoxy) is 2. The van der Waals surface area contributed by atoms with Crippen molar-refractivity contribution in [3.8, 4) is 0 Å². The van der Waals surface area contributed by atoms with E-state index in [1.54, 1.807) is 0 Å². The molecule has 0 bridgehead atoms. The van der Waals surface area contributed by atoms with Crippen LogP contribution >= 0.6 is 11.8 Å². The summed E-state index contributed by atoms with van der Waals surface area (Å²) in [5.41, 5.74) is -3.06. The average molecular weight is 389 g/mol. The van der Waals surface area contributed by atoms with Crippen molar-refractivity contribution in [2.24, 2.45) is 11.8 Å². The standard InChI is InChI=1S/C17H24FNO6S/c1-8(20)19-10(14(21)24-3)7-26-13-12-15(22)25-11-5-4-9(17(11,12)23)6-16(13,2)18/h9-13,23H,4-7H2,1-3H3,(H,19,20)/t9-,10+,11-,12?,13+,16-,17-/m1/s1. The van der Waals surface area contributed by atoms with E-state index < -0.39 is 52.4 Å². The first-order chi connectivity index (χ1) is 12.1. The molecule has 0 aromatic carbocycles. The van der Waals surface area contributed by atoms with Crippen LogP contribution in [0.3, 0.4) is 0 Å². The molecule has 0 radical (unpaired) electrons. The summed E-state index contributed by atoms with van der Waals surface area (Å²) in [7, 11) is 1.20. The Morgan fingerprint density at radius 1 is 1.50 bits per heavy atom. The summed E-state index contributed by atoms with van der Waals surface area (Å²) in [5, 5.41) is 12.8. The Bertz CT molecular complexity index is 628. The molecular weight excluding hydrogens is 365 g/mol. The van der Waals surface area contributed by atoms with E-state index in [-0.39, 0.29) is 18.1 Å². The highest BCUT2D eigenvalue weighted by Crippen LogP contribution is 2.60. The third kappa shape index (κ3) is 2.98. The van der Waals surface area contributed by atoms with Gasteiger partial charge in [0.2, 0.25) is 5.91 Å². The SMILES string of the molecule is COC(=O)[C@H](CS[C@H]1C2C(=O)O[C@@H]3CC[C@H](C[C@@]1(C)F)[C@]23O)NC(C)=O. The van der Waals surface area contributed by atoms with Gasteiger partial charge in [0.15, 0.2) is 0 Å². The number of halogens is 1. The van der Waals surface area contributed by atoms with Gasteiger partial charge in [0.25, 0.3) is 0 Å². The summed E-state index contributed by atoms with van der Waals surface area (Å²) >= 11 is 1.06. The van der Waals surface area contributed by atoms with Crippen molar-refractivity contribution >= 4 is 29.6 Å². The van der Waals surface area contributed by atoms with E-state index in [4.69, 9.17) is 4.74 Å². The molecule has 2 aliphatic carbocycles. The van der Waals surface area contributed by atoms with Gasteiger partial charge in [0.1, 0.15) is 29.3 Å². The van der Waals surface area contributed by atoms with E-state index >= 15 is 4.39 Å². The Morgan fingerprint density at radius 2 is 2.19 bits per heavy atom. The Labute approximate surface area is 155 Å². The number of nitrogens with one attached hydrogen (secondary N) is 1. The molecule has 1 heterocycles. The topological polar surface area (TPSA) is 102 Å². The number of amides is 1. The van der Waals surface area contributed by atoms with E-state index in [1.807, 2.05) is 0 Å². The normalized spacial score (nSPS) is 42.0. The fourth-order valence-electron chi connectivity index (χ4n) is 4.69. The number of aliphatic hydroxyl groups is 1. The number of carbonyl (C=O) groups excluding carboxylic acids is 3. The fourth-order valence-corrected chi connectivity index (χ4v) is 6.28. The van der Waals surface area contributed by atoms with Crippen molar-refractivity contribution < 1.29 is 33.4 Å². The molecule has 1 unspecified atom stereocenters. The fraction of sp³-hybridized carbons (Fsp3) is 0.824. The summed E-state index contributed by atoms with van der Waals surface area (Å²) in [6.45, 7) is 2.69. The minimum Gasteiger partial charge on any atom is -0.467 e. The Morgan fingerprint density at radius 3 is 2.81 bits per heavy atom.